The van der Waals surface area contributed by atoms with E-state index in [9.17, 15) is 9.59 Å². The first-order valence-corrected chi connectivity index (χ1v) is 9.98. The molecule has 7 heteroatoms. The monoisotopic (exact) mass is 437 g/mol. The summed E-state index contributed by atoms with van der Waals surface area (Å²) < 4.78 is 1.52. The molecule has 0 atom stereocenters. The van der Waals surface area contributed by atoms with E-state index in [1.165, 1.54) is 10.9 Å². The van der Waals surface area contributed by atoms with Gasteiger partial charge in [0.1, 0.15) is 0 Å². The zero-order valence-corrected chi connectivity index (χ0v) is 17.5. The molecule has 5 nitrogen and oxygen atoms in total. The number of halogens is 2. The summed E-state index contributed by atoms with van der Waals surface area (Å²) in [5.74, 6) is -0.413. The number of hydrogen-bond acceptors (Lipinski definition) is 3. The molecule has 0 aliphatic rings. The Morgan fingerprint density at radius 2 is 1.73 bits per heavy atom. The van der Waals surface area contributed by atoms with Gasteiger partial charge in [-0.2, -0.15) is 0 Å². The SMILES string of the molecule is Cc1c(Cl)cc(C(=O)Nc2cccc3ncn(Cc4ccccc4)c(=O)c23)cc1Cl. The highest BCUT2D eigenvalue weighted by Gasteiger charge is 2.15. The van der Waals surface area contributed by atoms with Gasteiger partial charge in [0.25, 0.3) is 11.5 Å². The molecule has 1 heterocycles. The molecule has 4 rings (SSSR count). The molecule has 0 radical (unpaired) electrons. The van der Waals surface area contributed by atoms with Gasteiger partial charge in [-0.25, -0.2) is 4.98 Å². The third-order valence-corrected chi connectivity index (χ3v) is 5.63. The van der Waals surface area contributed by atoms with Crippen LogP contribution in [0.25, 0.3) is 10.9 Å². The second-order valence-electron chi connectivity index (χ2n) is 6.88. The fourth-order valence-electron chi connectivity index (χ4n) is 3.17. The molecule has 0 fully saturated rings. The van der Waals surface area contributed by atoms with Gasteiger partial charge in [0, 0.05) is 15.6 Å². The van der Waals surface area contributed by atoms with Gasteiger partial charge >= 0.3 is 0 Å². The van der Waals surface area contributed by atoms with Crippen LogP contribution in [-0.4, -0.2) is 15.5 Å². The summed E-state index contributed by atoms with van der Waals surface area (Å²) in [5.41, 5.74) is 2.63. The molecule has 0 saturated heterocycles. The molecule has 0 aliphatic carbocycles. The average Bonchev–Trinajstić information content (AvgIpc) is 2.74. The number of carbonyl (C=O) groups is 1. The normalized spacial score (nSPS) is 10.9. The minimum Gasteiger partial charge on any atom is -0.321 e. The number of benzene rings is 3. The van der Waals surface area contributed by atoms with Crippen LogP contribution in [0.5, 0.6) is 0 Å². The van der Waals surface area contributed by atoms with E-state index in [1.807, 2.05) is 30.3 Å². The smallest absolute Gasteiger partial charge is 0.263 e. The maximum Gasteiger partial charge on any atom is 0.263 e. The van der Waals surface area contributed by atoms with Gasteiger partial charge in [-0.05, 0) is 42.3 Å². The van der Waals surface area contributed by atoms with Crippen molar-refractivity contribution in [3.8, 4) is 0 Å². The zero-order valence-electron chi connectivity index (χ0n) is 16.0. The fourth-order valence-corrected chi connectivity index (χ4v) is 3.66. The average molecular weight is 438 g/mol. The number of rotatable bonds is 4. The number of fused-ring (bicyclic) bond motifs is 1. The number of amides is 1. The first-order chi connectivity index (χ1) is 14.4. The molecule has 0 bridgehead atoms. The number of nitrogens with one attached hydrogen (secondary N) is 1. The molecule has 0 spiro atoms. The van der Waals surface area contributed by atoms with Gasteiger partial charge in [-0.1, -0.05) is 59.6 Å². The molecular weight excluding hydrogens is 421 g/mol. The van der Waals surface area contributed by atoms with E-state index in [-0.39, 0.29) is 5.56 Å². The molecule has 0 unspecified atom stereocenters. The molecule has 30 heavy (non-hydrogen) atoms. The van der Waals surface area contributed by atoms with Crippen molar-refractivity contribution in [2.75, 3.05) is 5.32 Å². The van der Waals surface area contributed by atoms with E-state index >= 15 is 0 Å². The van der Waals surface area contributed by atoms with E-state index in [4.69, 9.17) is 23.2 Å². The topological polar surface area (TPSA) is 64.0 Å². The van der Waals surface area contributed by atoms with E-state index < -0.39 is 5.91 Å². The third-order valence-electron chi connectivity index (χ3n) is 4.84. The van der Waals surface area contributed by atoms with Gasteiger partial charge in [0.15, 0.2) is 0 Å². The number of anilines is 1. The van der Waals surface area contributed by atoms with Crippen molar-refractivity contribution in [2.45, 2.75) is 13.5 Å². The van der Waals surface area contributed by atoms with Crippen LogP contribution in [0.4, 0.5) is 5.69 Å². The van der Waals surface area contributed by atoms with Crippen molar-refractivity contribution in [2.24, 2.45) is 0 Å². The Morgan fingerprint density at radius 1 is 1.03 bits per heavy atom. The lowest BCUT2D eigenvalue weighted by molar-refractivity contribution is 0.102. The van der Waals surface area contributed by atoms with Crippen LogP contribution < -0.4 is 10.9 Å². The van der Waals surface area contributed by atoms with Crippen LogP contribution in [-0.2, 0) is 6.54 Å². The lowest BCUT2D eigenvalue weighted by Gasteiger charge is -2.12. The predicted octanol–water partition coefficient (Wildman–Crippen LogP) is 5.31. The zero-order chi connectivity index (χ0) is 21.3. The second kappa shape index (κ2) is 8.30. The minimum absolute atomic E-state index is 0.236. The molecular formula is C23H17Cl2N3O2. The molecule has 1 N–H and O–H groups in total. The quantitative estimate of drug-likeness (QED) is 0.470. The van der Waals surface area contributed by atoms with Gasteiger partial charge in [-0.3, -0.25) is 14.2 Å². The Morgan fingerprint density at radius 3 is 2.43 bits per heavy atom. The standard InChI is InChI=1S/C23H17Cl2N3O2/c1-14-17(24)10-16(11-18(14)25)22(29)27-20-9-5-8-19-21(20)23(30)28(13-26-19)12-15-6-3-2-4-7-15/h2-11,13H,12H2,1H3,(H,27,29). The Balaban J connectivity index is 1.73. The van der Waals surface area contributed by atoms with Gasteiger partial charge in [0.2, 0.25) is 0 Å². The summed E-state index contributed by atoms with van der Waals surface area (Å²) >= 11 is 12.3. The summed E-state index contributed by atoms with van der Waals surface area (Å²) in [5, 5.41) is 3.94. The number of carbonyl (C=O) groups excluding carboxylic acids is 1. The van der Waals surface area contributed by atoms with Crippen molar-refractivity contribution in [1.29, 1.82) is 0 Å². The van der Waals surface area contributed by atoms with E-state index in [2.05, 4.69) is 10.3 Å². The van der Waals surface area contributed by atoms with Crippen molar-refractivity contribution in [3.05, 3.63) is 104 Å². The fraction of sp³-hybridized carbons (Fsp3) is 0.0870. The first-order valence-electron chi connectivity index (χ1n) is 9.23. The van der Waals surface area contributed by atoms with Crippen LogP contribution in [0.2, 0.25) is 10.0 Å². The summed E-state index contributed by atoms with van der Waals surface area (Å²) in [6.45, 7) is 2.16. The number of nitrogens with zero attached hydrogens (tertiary/aromatic N) is 2. The van der Waals surface area contributed by atoms with Crippen LogP contribution in [0.15, 0.2) is 71.8 Å². The maximum atomic E-state index is 13.2. The van der Waals surface area contributed by atoms with Crippen molar-refractivity contribution >= 4 is 45.7 Å². The lowest BCUT2D eigenvalue weighted by Crippen LogP contribution is -2.23. The Labute approximate surface area is 182 Å². The minimum atomic E-state index is -0.413. The van der Waals surface area contributed by atoms with Crippen molar-refractivity contribution in [3.63, 3.8) is 0 Å². The van der Waals surface area contributed by atoms with Crippen molar-refractivity contribution < 1.29 is 4.79 Å². The maximum absolute atomic E-state index is 13.2. The molecule has 3 aromatic carbocycles. The Kier molecular flexibility index (Phi) is 5.57. The van der Waals surface area contributed by atoms with E-state index in [1.54, 1.807) is 37.3 Å². The summed E-state index contributed by atoms with van der Waals surface area (Å²) in [6.07, 6.45) is 1.52. The second-order valence-corrected chi connectivity index (χ2v) is 7.70. The highest BCUT2D eigenvalue weighted by atomic mass is 35.5. The van der Waals surface area contributed by atoms with Crippen LogP contribution in [0.1, 0.15) is 21.5 Å². The third kappa shape index (κ3) is 3.95. The van der Waals surface area contributed by atoms with Gasteiger partial charge in [0.05, 0.1) is 29.5 Å². The Bertz CT molecular complexity index is 1290. The highest BCUT2D eigenvalue weighted by Crippen LogP contribution is 2.26. The summed E-state index contributed by atoms with van der Waals surface area (Å²) in [4.78, 5) is 30.3. The van der Waals surface area contributed by atoms with Crippen molar-refractivity contribution in [1.82, 2.24) is 9.55 Å². The molecule has 4 aromatic rings. The van der Waals surface area contributed by atoms with Gasteiger partial charge < -0.3 is 5.32 Å². The highest BCUT2D eigenvalue weighted by molar-refractivity contribution is 6.36. The van der Waals surface area contributed by atoms with Crippen LogP contribution >= 0.6 is 23.2 Å². The molecule has 0 saturated carbocycles. The summed E-state index contributed by atoms with van der Waals surface area (Å²) in [7, 11) is 0. The molecule has 0 aliphatic heterocycles. The van der Waals surface area contributed by atoms with Crippen LogP contribution in [0, 0.1) is 6.92 Å². The molecule has 1 amide bonds. The predicted molar refractivity (Wildman–Crippen MR) is 121 cm³/mol. The summed E-state index contributed by atoms with van der Waals surface area (Å²) in [6, 6.07) is 17.9. The molecule has 150 valence electrons. The Hall–Kier alpha value is -3.15. The molecule has 1 aromatic heterocycles. The lowest BCUT2D eigenvalue weighted by atomic mass is 10.1. The van der Waals surface area contributed by atoms with Crippen LogP contribution in [0.3, 0.4) is 0 Å². The van der Waals surface area contributed by atoms with E-state index in [0.29, 0.717) is 44.3 Å². The van der Waals surface area contributed by atoms with E-state index in [0.717, 1.165) is 5.56 Å². The van der Waals surface area contributed by atoms with Gasteiger partial charge in [-0.15, -0.1) is 0 Å². The largest absolute Gasteiger partial charge is 0.321 e. The first kappa shape index (κ1) is 20.1. The number of aromatic nitrogens is 2. The number of hydrogen-bond donors (Lipinski definition) is 1.